The summed E-state index contributed by atoms with van der Waals surface area (Å²) in [5.41, 5.74) is 0. The summed E-state index contributed by atoms with van der Waals surface area (Å²) >= 11 is 5.17. The van der Waals surface area contributed by atoms with E-state index >= 15 is 0 Å². The van der Waals surface area contributed by atoms with Crippen molar-refractivity contribution in [3.8, 4) is 0 Å². The molecule has 15 heavy (non-hydrogen) atoms. The number of benzene rings is 1. The average Bonchev–Trinajstić information content (AvgIpc) is 2.18. The third-order valence-electron chi connectivity index (χ3n) is 2.28. The summed E-state index contributed by atoms with van der Waals surface area (Å²) in [4.78, 5) is 1.03. The molecule has 1 rings (SSSR count). The van der Waals surface area contributed by atoms with Gasteiger partial charge >= 0.3 is 0 Å². The topological polar surface area (TPSA) is 0 Å². The molecule has 0 aliphatic carbocycles. The zero-order valence-electron chi connectivity index (χ0n) is 8.88. The van der Waals surface area contributed by atoms with Crippen LogP contribution in [-0.4, -0.2) is 11.1 Å². The third kappa shape index (κ3) is 5.57. The first kappa shape index (κ1) is 13.0. The highest BCUT2D eigenvalue weighted by molar-refractivity contribution is 9.09. The summed E-state index contributed by atoms with van der Waals surface area (Å²) in [5, 5.41) is 1.07. The molecular weight excluding hydrogens is 275 g/mol. The van der Waals surface area contributed by atoms with Gasteiger partial charge in [-0.2, -0.15) is 0 Å². The van der Waals surface area contributed by atoms with E-state index in [1.54, 1.807) is 23.9 Å². The number of hydrogen-bond donors (Lipinski definition) is 0. The quantitative estimate of drug-likeness (QED) is 0.539. The van der Waals surface area contributed by atoms with Crippen LogP contribution in [0.4, 0.5) is 4.39 Å². The first-order chi connectivity index (χ1) is 7.22. The van der Waals surface area contributed by atoms with E-state index in [0.29, 0.717) is 0 Å². The molecule has 0 radical (unpaired) electrons. The van der Waals surface area contributed by atoms with E-state index in [9.17, 15) is 4.39 Å². The Morgan fingerprint density at radius 1 is 1.40 bits per heavy atom. The minimum atomic E-state index is -0.145. The zero-order valence-corrected chi connectivity index (χ0v) is 11.3. The van der Waals surface area contributed by atoms with Crippen molar-refractivity contribution in [2.45, 2.75) is 24.7 Å². The largest absolute Gasteiger partial charge is 0.207 e. The van der Waals surface area contributed by atoms with Crippen LogP contribution >= 0.6 is 27.7 Å². The van der Waals surface area contributed by atoms with E-state index in [1.807, 2.05) is 6.07 Å². The minimum Gasteiger partial charge on any atom is -0.207 e. The van der Waals surface area contributed by atoms with E-state index in [-0.39, 0.29) is 5.82 Å². The highest BCUT2D eigenvalue weighted by Gasteiger charge is 2.02. The molecule has 1 atom stereocenters. The van der Waals surface area contributed by atoms with Crippen molar-refractivity contribution in [1.82, 2.24) is 0 Å². The fourth-order valence-corrected chi connectivity index (χ4v) is 3.17. The molecule has 0 saturated carbocycles. The molecule has 3 heteroatoms. The Bertz CT molecular complexity index is 291. The van der Waals surface area contributed by atoms with Crippen molar-refractivity contribution < 1.29 is 4.39 Å². The maximum Gasteiger partial charge on any atom is 0.124 e. The maximum atomic E-state index is 12.9. The van der Waals surface area contributed by atoms with E-state index in [4.69, 9.17) is 0 Å². The zero-order chi connectivity index (χ0) is 11.1. The molecular formula is C12H16BrFS. The molecule has 0 aliphatic heterocycles. The van der Waals surface area contributed by atoms with Gasteiger partial charge in [-0.1, -0.05) is 28.9 Å². The molecule has 0 heterocycles. The molecule has 0 N–H and O–H groups in total. The molecule has 0 nitrogen and oxygen atoms in total. The summed E-state index contributed by atoms with van der Waals surface area (Å²) in [6.07, 6.45) is 2.40. The van der Waals surface area contributed by atoms with Crippen LogP contribution in [0.15, 0.2) is 29.2 Å². The molecule has 0 saturated heterocycles. The van der Waals surface area contributed by atoms with Crippen LogP contribution < -0.4 is 0 Å². The lowest BCUT2D eigenvalue weighted by Crippen LogP contribution is -1.96. The van der Waals surface area contributed by atoms with Gasteiger partial charge in [-0.25, -0.2) is 4.39 Å². The highest BCUT2D eigenvalue weighted by atomic mass is 79.9. The molecule has 1 aromatic rings. The Labute approximate surface area is 104 Å². The van der Waals surface area contributed by atoms with E-state index in [0.717, 1.165) is 21.9 Å². The summed E-state index contributed by atoms with van der Waals surface area (Å²) in [5.74, 6) is 1.66. The Morgan fingerprint density at radius 2 is 2.20 bits per heavy atom. The van der Waals surface area contributed by atoms with Gasteiger partial charge in [-0.3, -0.25) is 0 Å². The van der Waals surface area contributed by atoms with Crippen molar-refractivity contribution in [3.05, 3.63) is 30.1 Å². The fraction of sp³-hybridized carbons (Fsp3) is 0.500. The Kier molecular flexibility index (Phi) is 6.34. The number of thioether (sulfide) groups is 1. The Morgan fingerprint density at radius 3 is 2.87 bits per heavy atom. The van der Waals surface area contributed by atoms with Gasteiger partial charge in [0.25, 0.3) is 0 Å². The van der Waals surface area contributed by atoms with E-state index < -0.39 is 0 Å². The van der Waals surface area contributed by atoms with Crippen LogP contribution in [0.25, 0.3) is 0 Å². The van der Waals surface area contributed by atoms with Gasteiger partial charge < -0.3 is 0 Å². The average molecular weight is 291 g/mol. The van der Waals surface area contributed by atoms with Crippen LogP contribution in [0, 0.1) is 11.7 Å². The minimum absolute atomic E-state index is 0.145. The van der Waals surface area contributed by atoms with Gasteiger partial charge in [0.2, 0.25) is 0 Å². The number of hydrogen-bond acceptors (Lipinski definition) is 1. The first-order valence-corrected chi connectivity index (χ1v) is 7.27. The number of alkyl halides is 1. The second kappa shape index (κ2) is 7.29. The van der Waals surface area contributed by atoms with E-state index in [2.05, 4.69) is 22.9 Å². The third-order valence-corrected chi connectivity index (χ3v) is 3.76. The maximum absolute atomic E-state index is 12.9. The molecule has 84 valence electrons. The molecule has 0 aromatic heterocycles. The second-order valence-corrected chi connectivity index (χ2v) is 5.64. The fourth-order valence-electron chi connectivity index (χ4n) is 1.27. The first-order valence-electron chi connectivity index (χ1n) is 5.16. The van der Waals surface area contributed by atoms with Gasteiger partial charge in [0, 0.05) is 10.2 Å². The van der Waals surface area contributed by atoms with Crippen LogP contribution in [0.2, 0.25) is 0 Å². The lowest BCUT2D eigenvalue weighted by Gasteiger charge is -2.08. The summed E-state index contributed by atoms with van der Waals surface area (Å²) in [6, 6.07) is 6.81. The van der Waals surface area contributed by atoms with Crippen molar-refractivity contribution in [1.29, 1.82) is 0 Å². The monoisotopic (exact) mass is 290 g/mol. The summed E-state index contributed by atoms with van der Waals surface area (Å²) in [6.45, 7) is 2.26. The van der Waals surface area contributed by atoms with Crippen LogP contribution in [0.5, 0.6) is 0 Å². The van der Waals surface area contributed by atoms with Gasteiger partial charge in [0.1, 0.15) is 5.82 Å². The smallest absolute Gasteiger partial charge is 0.124 e. The highest BCUT2D eigenvalue weighted by Crippen LogP contribution is 2.22. The van der Waals surface area contributed by atoms with Gasteiger partial charge in [-0.15, -0.1) is 11.8 Å². The number of rotatable bonds is 6. The molecule has 0 amide bonds. The predicted molar refractivity (Wildman–Crippen MR) is 69.3 cm³/mol. The van der Waals surface area contributed by atoms with Crippen molar-refractivity contribution in [3.63, 3.8) is 0 Å². The lowest BCUT2D eigenvalue weighted by atomic mass is 10.1. The van der Waals surface area contributed by atoms with Crippen LogP contribution in [-0.2, 0) is 0 Å². The molecule has 1 aromatic carbocycles. The van der Waals surface area contributed by atoms with Gasteiger partial charge in [0.15, 0.2) is 0 Å². The van der Waals surface area contributed by atoms with Crippen LogP contribution in [0.1, 0.15) is 19.8 Å². The Balaban J connectivity index is 2.25. The van der Waals surface area contributed by atoms with E-state index in [1.165, 1.54) is 18.9 Å². The normalized spacial score (nSPS) is 12.7. The molecule has 0 bridgehead atoms. The standard InChI is InChI=1S/C12H16BrFS/c1-10(5-7-13)6-8-15-12-4-2-3-11(14)9-12/h2-4,9-10H,5-8H2,1H3. The van der Waals surface area contributed by atoms with Gasteiger partial charge in [-0.05, 0) is 42.7 Å². The van der Waals surface area contributed by atoms with Crippen molar-refractivity contribution in [2.24, 2.45) is 5.92 Å². The predicted octanol–water partition coefficient (Wildman–Crippen LogP) is 4.73. The number of halogens is 2. The van der Waals surface area contributed by atoms with Crippen LogP contribution in [0.3, 0.4) is 0 Å². The molecule has 0 aliphatic rings. The summed E-state index contributed by atoms with van der Waals surface area (Å²) < 4.78 is 12.9. The van der Waals surface area contributed by atoms with Crippen molar-refractivity contribution >= 4 is 27.7 Å². The van der Waals surface area contributed by atoms with Gasteiger partial charge in [0.05, 0.1) is 0 Å². The van der Waals surface area contributed by atoms with Crippen molar-refractivity contribution in [2.75, 3.05) is 11.1 Å². The molecule has 0 spiro atoms. The Hall–Kier alpha value is -0.0200. The summed E-state index contributed by atoms with van der Waals surface area (Å²) in [7, 11) is 0. The molecule has 0 fully saturated rings. The SMILES string of the molecule is CC(CCBr)CCSc1cccc(F)c1. The second-order valence-electron chi connectivity index (χ2n) is 3.68. The molecule has 1 unspecified atom stereocenters. The lowest BCUT2D eigenvalue weighted by molar-refractivity contribution is 0.555.